The SMILES string of the molecule is CC(C)n1cc2cccc(C(=O)CCC3(O)CCCCC3)c2n1. The van der Waals surface area contributed by atoms with Gasteiger partial charge in [-0.05, 0) is 39.2 Å². The standard InChI is InChI=1S/C19H26N2O2/c1-14(2)21-13-15-7-6-8-16(18(15)20-21)17(22)9-12-19(23)10-4-3-5-11-19/h6-8,13-14,23H,3-5,9-12H2,1-2H3. The van der Waals surface area contributed by atoms with Crippen LogP contribution in [-0.4, -0.2) is 26.3 Å². The van der Waals surface area contributed by atoms with Crippen LogP contribution in [0.4, 0.5) is 0 Å². The highest BCUT2D eigenvalue weighted by Crippen LogP contribution is 2.32. The fraction of sp³-hybridized carbons (Fsp3) is 0.579. The molecular weight excluding hydrogens is 288 g/mol. The predicted octanol–water partition coefficient (Wildman–Crippen LogP) is 4.28. The second kappa shape index (κ2) is 6.44. The second-order valence-electron chi connectivity index (χ2n) is 7.15. The molecule has 1 aromatic carbocycles. The number of aromatic nitrogens is 2. The zero-order valence-electron chi connectivity index (χ0n) is 14.1. The van der Waals surface area contributed by atoms with Gasteiger partial charge in [-0.15, -0.1) is 0 Å². The molecule has 0 bridgehead atoms. The Labute approximate surface area is 137 Å². The third-order valence-corrected chi connectivity index (χ3v) is 4.99. The maximum Gasteiger partial charge on any atom is 0.165 e. The molecule has 3 rings (SSSR count). The Bertz CT molecular complexity index is 696. The summed E-state index contributed by atoms with van der Waals surface area (Å²) in [6, 6.07) is 6.03. The van der Waals surface area contributed by atoms with E-state index in [1.165, 1.54) is 6.42 Å². The normalized spacial score (nSPS) is 17.7. The molecule has 1 fully saturated rings. The van der Waals surface area contributed by atoms with Gasteiger partial charge >= 0.3 is 0 Å². The van der Waals surface area contributed by atoms with Crippen LogP contribution in [-0.2, 0) is 0 Å². The van der Waals surface area contributed by atoms with Gasteiger partial charge < -0.3 is 5.11 Å². The number of aliphatic hydroxyl groups is 1. The zero-order chi connectivity index (χ0) is 16.4. The van der Waals surface area contributed by atoms with Crippen LogP contribution in [0.5, 0.6) is 0 Å². The van der Waals surface area contributed by atoms with Gasteiger partial charge in [0.1, 0.15) is 5.52 Å². The first-order valence-corrected chi connectivity index (χ1v) is 8.72. The van der Waals surface area contributed by atoms with Crippen molar-refractivity contribution in [2.75, 3.05) is 0 Å². The van der Waals surface area contributed by atoms with Crippen LogP contribution < -0.4 is 0 Å². The Morgan fingerprint density at radius 2 is 2.04 bits per heavy atom. The van der Waals surface area contributed by atoms with E-state index in [4.69, 9.17) is 0 Å². The summed E-state index contributed by atoms with van der Waals surface area (Å²) < 4.78 is 1.90. The van der Waals surface area contributed by atoms with E-state index >= 15 is 0 Å². The molecule has 1 aromatic heterocycles. The number of nitrogens with zero attached hydrogens (tertiary/aromatic N) is 2. The van der Waals surface area contributed by atoms with E-state index in [2.05, 4.69) is 18.9 Å². The van der Waals surface area contributed by atoms with Crippen molar-refractivity contribution in [3.8, 4) is 0 Å². The number of carbonyl (C=O) groups excluding carboxylic acids is 1. The molecule has 0 atom stereocenters. The lowest BCUT2D eigenvalue weighted by Gasteiger charge is -2.31. The van der Waals surface area contributed by atoms with E-state index in [0.29, 0.717) is 18.4 Å². The van der Waals surface area contributed by atoms with Crippen LogP contribution in [0.3, 0.4) is 0 Å². The summed E-state index contributed by atoms with van der Waals surface area (Å²) in [6.07, 6.45) is 7.93. The maximum atomic E-state index is 12.7. The fourth-order valence-corrected chi connectivity index (χ4v) is 3.49. The van der Waals surface area contributed by atoms with Gasteiger partial charge in [-0.25, -0.2) is 0 Å². The van der Waals surface area contributed by atoms with E-state index in [1.54, 1.807) is 0 Å². The summed E-state index contributed by atoms with van der Waals surface area (Å²) in [5.74, 6) is 0.0867. The van der Waals surface area contributed by atoms with E-state index in [-0.39, 0.29) is 11.8 Å². The van der Waals surface area contributed by atoms with Crippen LogP contribution in [0, 0.1) is 0 Å². The van der Waals surface area contributed by atoms with Crippen molar-refractivity contribution in [3.05, 3.63) is 30.0 Å². The molecule has 1 N–H and O–H groups in total. The van der Waals surface area contributed by atoms with Crippen molar-refractivity contribution in [2.45, 2.75) is 70.4 Å². The molecule has 4 heteroatoms. The number of hydrogen-bond acceptors (Lipinski definition) is 3. The Kier molecular flexibility index (Phi) is 4.53. The van der Waals surface area contributed by atoms with E-state index in [0.717, 1.165) is 36.6 Å². The molecule has 1 saturated carbocycles. The van der Waals surface area contributed by atoms with Crippen LogP contribution in [0.2, 0.25) is 0 Å². The number of Topliss-reactive ketones (excluding diaryl/α,β-unsaturated/α-hetero) is 1. The lowest BCUT2D eigenvalue weighted by molar-refractivity contribution is -0.00454. The summed E-state index contributed by atoms with van der Waals surface area (Å²) >= 11 is 0. The number of hydrogen-bond donors (Lipinski definition) is 1. The van der Waals surface area contributed by atoms with E-state index in [1.807, 2.05) is 29.1 Å². The van der Waals surface area contributed by atoms with Gasteiger partial charge in [-0.3, -0.25) is 9.48 Å². The highest BCUT2D eigenvalue weighted by atomic mass is 16.3. The predicted molar refractivity (Wildman–Crippen MR) is 91.7 cm³/mol. The molecule has 0 radical (unpaired) electrons. The van der Waals surface area contributed by atoms with Gasteiger partial charge in [0, 0.05) is 29.6 Å². The molecule has 23 heavy (non-hydrogen) atoms. The van der Waals surface area contributed by atoms with Crippen LogP contribution >= 0.6 is 0 Å². The summed E-state index contributed by atoms with van der Waals surface area (Å²) in [5.41, 5.74) is 0.821. The van der Waals surface area contributed by atoms with Crippen molar-refractivity contribution in [1.82, 2.24) is 9.78 Å². The summed E-state index contributed by atoms with van der Waals surface area (Å²) in [4.78, 5) is 12.7. The zero-order valence-corrected chi connectivity index (χ0v) is 14.1. The molecule has 2 aromatic rings. The smallest absolute Gasteiger partial charge is 0.165 e. The molecule has 124 valence electrons. The van der Waals surface area contributed by atoms with Crippen LogP contribution in [0.15, 0.2) is 24.4 Å². The monoisotopic (exact) mass is 314 g/mol. The number of benzene rings is 1. The third kappa shape index (κ3) is 3.47. The average molecular weight is 314 g/mol. The Hall–Kier alpha value is -1.68. The highest BCUT2D eigenvalue weighted by Gasteiger charge is 2.29. The number of ketones is 1. The Morgan fingerprint density at radius 3 is 2.74 bits per heavy atom. The summed E-state index contributed by atoms with van der Waals surface area (Å²) in [7, 11) is 0. The number of fused-ring (bicyclic) bond motifs is 1. The molecule has 0 aliphatic heterocycles. The molecule has 0 saturated heterocycles. The quantitative estimate of drug-likeness (QED) is 0.838. The van der Waals surface area contributed by atoms with Crippen molar-refractivity contribution in [2.24, 2.45) is 0 Å². The lowest BCUT2D eigenvalue weighted by atomic mass is 9.81. The Balaban J connectivity index is 1.78. The second-order valence-corrected chi connectivity index (χ2v) is 7.15. The van der Waals surface area contributed by atoms with Crippen LogP contribution in [0.25, 0.3) is 10.9 Å². The number of rotatable bonds is 5. The first-order chi connectivity index (χ1) is 11.0. The topological polar surface area (TPSA) is 55.1 Å². The van der Waals surface area contributed by atoms with Gasteiger partial charge in [-0.2, -0.15) is 5.10 Å². The van der Waals surface area contributed by atoms with Crippen molar-refractivity contribution < 1.29 is 9.90 Å². The minimum absolute atomic E-state index is 0.0867. The van der Waals surface area contributed by atoms with E-state index < -0.39 is 5.60 Å². The van der Waals surface area contributed by atoms with E-state index in [9.17, 15) is 9.90 Å². The van der Waals surface area contributed by atoms with Gasteiger partial charge in [0.2, 0.25) is 0 Å². The average Bonchev–Trinajstić information content (AvgIpc) is 2.98. The molecular formula is C19H26N2O2. The molecule has 4 nitrogen and oxygen atoms in total. The highest BCUT2D eigenvalue weighted by molar-refractivity contribution is 6.06. The van der Waals surface area contributed by atoms with Crippen LogP contribution in [0.1, 0.15) is 75.2 Å². The van der Waals surface area contributed by atoms with Crippen molar-refractivity contribution >= 4 is 16.7 Å². The summed E-state index contributed by atoms with van der Waals surface area (Å²) in [6.45, 7) is 4.15. The van der Waals surface area contributed by atoms with Gasteiger partial charge in [0.15, 0.2) is 5.78 Å². The van der Waals surface area contributed by atoms with Gasteiger partial charge in [-0.1, -0.05) is 31.4 Å². The lowest BCUT2D eigenvalue weighted by Crippen LogP contribution is -2.31. The molecule has 0 amide bonds. The Morgan fingerprint density at radius 1 is 1.30 bits per heavy atom. The van der Waals surface area contributed by atoms with Crippen molar-refractivity contribution in [1.29, 1.82) is 0 Å². The minimum atomic E-state index is -0.640. The molecule has 0 spiro atoms. The molecule has 1 aliphatic carbocycles. The first kappa shape index (κ1) is 16.2. The van der Waals surface area contributed by atoms with Gasteiger partial charge in [0.25, 0.3) is 0 Å². The first-order valence-electron chi connectivity index (χ1n) is 8.72. The molecule has 1 aliphatic rings. The maximum absolute atomic E-state index is 12.7. The largest absolute Gasteiger partial charge is 0.390 e. The summed E-state index contributed by atoms with van der Waals surface area (Å²) in [5, 5.41) is 16.2. The van der Waals surface area contributed by atoms with Crippen molar-refractivity contribution in [3.63, 3.8) is 0 Å². The molecule has 1 heterocycles. The molecule has 0 unspecified atom stereocenters. The number of carbonyl (C=O) groups is 1. The fourth-order valence-electron chi connectivity index (χ4n) is 3.49. The third-order valence-electron chi connectivity index (χ3n) is 4.99. The minimum Gasteiger partial charge on any atom is -0.390 e. The van der Waals surface area contributed by atoms with Gasteiger partial charge in [0.05, 0.1) is 5.60 Å².